The molecule has 2 heterocycles. The van der Waals surface area contributed by atoms with Crippen molar-refractivity contribution in [2.75, 3.05) is 13.1 Å². The van der Waals surface area contributed by atoms with Crippen molar-refractivity contribution in [1.82, 2.24) is 30.8 Å². The zero-order valence-electron chi connectivity index (χ0n) is 11.2. The minimum Gasteiger partial charge on any atom is -0.328 e. The van der Waals surface area contributed by atoms with Crippen LogP contribution in [0.1, 0.15) is 44.5 Å². The Hall–Kier alpha value is -1.66. The SMILES string of the molecule is CC1CCN(C(=O)NC(c2nn[nH]n2)C2CC2)CC1. The second-order valence-electron chi connectivity index (χ2n) is 5.70. The number of nitrogens with zero attached hydrogens (tertiary/aromatic N) is 4. The first kappa shape index (κ1) is 12.4. The molecule has 2 fully saturated rings. The summed E-state index contributed by atoms with van der Waals surface area (Å²) in [6.07, 6.45) is 4.42. The van der Waals surface area contributed by atoms with Gasteiger partial charge >= 0.3 is 6.03 Å². The molecule has 1 saturated heterocycles. The van der Waals surface area contributed by atoms with Crippen molar-refractivity contribution in [2.24, 2.45) is 11.8 Å². The zero-order valence-corrected chi connectivity index (χ0v) is 11.2. The number of piperidine rings is 1. The van der Waals surface area contributed by atoms with Crippen LogP contribution in [0.3, 0.4) is 0 Å². The molecule has 2 N–H and O–H groups in total. The number of aromatic amines is 1. The van der Waals surface area contributed by atoms with Crippen LogP contribution < -0.4 is 5.32 Å². The lowest BCUT2D eigenvalue weighted by molar-refractivity contribution is 0.168. The summed E-state index contributed by atoms with van der Waals surface area (Å²) in [7, 11) is 0. The van der Waals surface area contributed by atoms with Crippen molar-refractivity contribution in [3.63, 3.8) is 0 Å². The van der Waals surface area contributed by atoms with E-state index >= 15 is 0 Å². The summed E-state index contributed by atoms with van der Waals surface area (Å²) in [6.45, 7) is 3.93. The molecule has 0 aromatic carbocycles. The van der Waals surface area contributed by atoms with Gasteiger partial charge in [-0.25, -0.2) is 4.79 Å². The molecule has 0 bridgehead atoms. The van der Waals surface area contributed by atoms with E-state index in [1.165, 1.54) is 0 Å². The van der Waals surface area contributed by atoms with Gasteiger partial charge in [-0.05, 0) is 37.5 Å². The van der Waals surface area contributed by atoms with Crippen LogP contribution in [0, 0.1) is 11.8 Å². The Labute approximate surface area is 112 Å². The van der Waals surface area contributed by atoms with Gasteiger partial charge in [0.1, 0.15) is 0 Å². The molecular formula is C12H20N6O. The lowest BCUT2D eigenvalue weighted by Gasteiger charge is -2.31. The van der Waals surface area contributed by atoms with Gasteiger partial charge in [-0.3, -0.25) is 0 Å². The van der Waals surface area contributed by atoms with E-state index in [4.69, 9.17) is 0 Å². The van der Waals surface area contributed by atoms with Gasteiger partial charge in [0, 0.05) is 13.1 Å². The fraction of sp³-hybridized carbons (Fsp3) is 0.833. The summed E-state index contributed by atoms with van der Waals surface area (Å²) in [6, 6.07) is -0.0841. The summed E-state index contributed by atoms with van der Waals surface area (Å²) < 4.78 is 0. The first-order valence-corrected chi connectivity index (χ1v) is 7.03. The van der Waals surface area contributed by atoms with Gasteiger partial charge in [0.25, 0.3) is 0 Å². The number of amides is 2. The quantitative estimate of drug-likeness (QED) is 0.855. The van der Waals surface area contributed by atoms with Crippen LogP contribution in [0.25, 0.3) is 0 Å². The third-order valence-electron chi connectivity index (χ3n) is 4.08. The molecule has 19 heavy (non-hydrogen) atoms. The second-order valence-corrected chi connectivity index (χ2v) is 5.70. The highest BCUT2D eigenvalue weighted by Gasteiger charge is 2.37. The fourth-order valence-corrected chi connectivity index (χ4v) is 2.56. The molecule has 7 nitrogen and oxygen atoms in total. The van der Waals surface area contributed by atoms with Crippen LogP contribution in [0.4, 0.5) is 4.79 Å². The summed E-state index contributed by atoms with van der Waals surface area (Å²) in [4.78, 5) is 14.2. The molecule has 1 saturated carbocycles. The van der Waals surface area contributed by atoms with E-state index in [0.717, 1.165) is 44.7 Å². The number of rotatable bonds is 3. The number of likely N-dealkylation sites (tertiary alicyclic amines) is 1. The predicted molar refractivity (Wildman–Crippen MR) is 68.1 cm³/mol. The summed E-state index contributed by atoms with van der Waals surface area (Å²) in [5, 5.41) is 17.1. The molecule has 1 aromatic rings. The van der Waals surface area contributed by atoms with E-state index in [1.54, 1.807) is 0 Å². The number of carbonyl (C=O) groups is 1. The van der Waals surface area contributed by atoms with Crippen LogP contribution in [0.5, 0.6) is 0 Å². The van der Waals surface area contributed by atoms with Gasteiger partial charge in [-0.15, -0.1) is 10.2 Å². The maximum absolute atomic E-state index is 12.3. The molecule has 3 rings (SSSR count). The standard InChI is InChI=1S/C12H20N6O/c1-8-4-6-18(7-5-8)12(19)13-10(9-2-3-9)11-14-16-17-15-11/h8-10H,2-7H2,1H3,(H,13,19)(H,14,15,16,17). The Bertz CT molecular complexity index is 421. The predicted octanol–water partition coefficient (Wildman–Crippen LogP) is 1.09. The molecule has 1 aliphatic heterocycles. The van der Waals surface area contributed by atoms with Gasteiger partial charge in [0.05, 0.1) is 6.04 Å². The second kappa shape index (κ2) is 5.14. The van der Waals surface area contributed by atoms with Crippen molar-refractivity contribution < 1.29 is 4.79 Å². The number of nitrogens with one attached hydrogen (secondary N) is 2. The van der Waals surface area contributed by atoms with Crippen molar-refractivity contribution in [3.05, 3.63) is 5.82 Å². The third kappa shape index (κ3) is 2.85. The minimum atomic E-state index is -0.0920. The zero-order chi connectivity index (χ0) is 13.2. The monoisotopic (exact) mass is 264 g/mol. The van der Waals surface area contributed by atoms with Gasteiger partial charge in [-0.1, -0.05) is 12.1 Å². The Morgan fingerprint density at radius 3 is 2.68 bits per heavy atom. The average Bonchev–Trinajstić information content (AvgIpc) is 3.11. The summed E-state index contributed by atoms with van der Waals surface area (Å²) >= 11 is 0. The van der Waals surface area contributed by atoms with E-state index < -0.39 is 0 Å². The number of hydrogen-bond donors (Lipinski definition) is 2. The number of urea groups is 1. The lowest BCUT2D eigenvalue weighted by Crippen LogP contribution is -2.45. The van der Waals surface area contributed by atoms with Gasteiger partial charge in [-0.2, -0.15) is 5.21 Å². The number of tetrazole rings is 1. The summed E-state index contributed by atoms with van der Waals surface area (Å²) in [5.74, 6) is 1.78. The molecule has 2 aliphatic rings. The molecule has 2 amide bonds. The molecule has 1 aliphatic carbocycles. The average molecular weight is 264 g/mol. The van der Waals surface area contributed by atoms with E-state index in [-0.39, 0.29) is 12.1 Å². The van der Waals surface area contributed by atoms with E-state index in [2.05, 4.69) is 32.9 Å². The van der Waals surface area contributed by atoms with Crippen LogP contribution in [0.15, 0.2) is 0 Å². The number of hydrogen-bond acceptors (Lipinski definition) is 4. The van der Waals surface area contributed by atoms with Gasteiger partial charge in [0.15, 0.2) is 5.82 Å². The molecule has 1 unspecified atom stereocenters. The Morgan fingerprint density at radius 1 is 1.37 bits per heavy atom. The fourth-order valence-electron chi connectivity index (χ4n) is 2.56. The molecule has 7 heteroatoms. The Morgan fingerprint density at radius 2 is 2.11 bits per heavy atom. The van der Waals surface area contributed by atoms with Crippen molar-refractivity contribution in [2.45, 2.75) is 38.6 Å². The van der Waals surface area contributed by atoms with E-state index in [9.17, 15) is 4.79 Å². The molecule has 0 radical (unpaired) electrons. The van der Waals surface area contributed by atoms with Crippen molar-refractivity contribution in [3.8, 4) is 0 Å². The van der Waals surface area contributed by atoms with Crippen molar-refractivity contribution in [1.29, 1.82) is 0 Å². The highest BCUT2D eigenvalue weighted by atomic mass is 16.2. The van der Waals surface area contributed by atoms with Gasteiger partial charge in [0.2, 0.25) is 0 Å². The van der Waals surface area contributed by atoms with E-state index in [0.29, 0.717) is 11.7 Å². The number of carbonyl (C=O) groups excluding carboxylic acids is 1. The maximum Gasteiger partial charge on any atom is 0.317 e. The lowest BCUT2D eigenvalue weighted by atomic mass is 9.99. The normalized spacial score (nSPS) is 22.3. The minimum absolute atomic E-state index is 0.00796. The van der Waals surface area contributed by atoms with Crippen LogP contribution >= 0.6 is 0 Å². The number of aromatic nitrogens is 4. The molecule has 104 valence electrons. The van der Waals surface area contributed by atoms with Crippen LogP contribution in [-0.2, 0) is 0 Å². The highest BCUT2D eigenvalue weighted by Crippen LogP contribution is 2.39. The topological polar surface area (TPSA) is 86.8 Å². The molecule has 1 aromatic heterocycles. The van der Waals surface area contributed by atoms with Crippen molar-refractivity contribution >= 4 is 6.03 Å². The smallest absolute Gasteiger partial charge is 0.317 e. The number of H-pyrrole nitrogens is 1. The first-order valence-electron chi connectivity index (χ1n) is 7.03. The third-order valence-corrected chi connectivity index (χ3v) is 4.08. The van der Waals surface area contributed by atoms with Crippen LogP contribution in [0.2, 0.25) is 0 Å². The first-order chi connectivity index (χ1) is 9.24. The summed E-state index contributed by atoms with van der Waals surface area (Å²) in [5.41, 5.74) is 0. The molecular weight excluding hydrogens is 244 g/mol. The van der Waals surface area contributed by atoms with Gasteiger partial charge < -0.3 is 10.2 Å². The molecule has 0 spiro atoms. The Kier molecular flexibility index (Phi) is 3.35. The van der Waals surface area contributed by atoms with E-state index in [1.807, 2.05) is 4.90 Å². The largest absolute Gasteiger partial charge is 0.328 e. The van der Waals surface area contributed by atoms with Crippen LogP contribution in [-0.4, -0.2) is 44.6 Å². The Balaban J connectivity index is 1.61. The maximum atomic E-state index is 12.3. The molecule has 1 atom stereocenters. The highest BCUT2D eigenvalue weighted by molar-refractivity contribution is 5.74.